The van der Waals surface area contributed by atoms with Gasteiger partial charge in [-0.2, -0.15) is 0 Å². The van der Waals surface area contributed by atoms with Gasteiger partial charge in [-0.25, -0.2) is 19.9 Å². The van der Waals surface area contributed by atoms with Crippen molar-refractivity contribution in [3.63, 3.8) is 0 Å². The van der Waals surface area contributed by atoms with Crippen molar-refractivity contribution in [3.8, 4) is 22.6 Å². The van der Waals surface area contributed by atoms with Crippen molar-refractivity contribution in [3.05, 3.63) is 162 Å². The van der Waals surface area contributed by atoms with E-state index in [9.17, 15) is 0 Å². The summed E-state index contributed by atoms with van der Waals surface area (Å²) in [6.07, 6.45) is 3.60. The molecule has 0 aliphatic carbocycles. The van der Waals surface area contributed by atoms with Gasteiger partial charge < -0.3 is 30.2 Å². The predicted octanol–water partition coefficient (Wildman–Crippen LogP) is 8.56. The van der Waals surface area contributed by atoms with Crippen LogP contribution in [0.1, 0.15) is 0 Å². The number of hydrogen-bond acceptors (Lipinski definition) is 10. The molecule has 0 fully saturated rings. The molecular formula is C42H36BBrN6O4. The molecule has 12 heteroatoms. The van der Waals surface area contributed by atoms with Crippen LogP contribution in [0, 0.1) is 0 Å². The lowest BCUT2D eigenvalue weighted by atomic mass is 9.81. The Bertz CT molecular complexity index is 2410. The van der Waals surface area contributed by atoms with Gasteiger partial charge in [0.25, 0.3) is 0 Å². The Morgan fingerprint density at radius 1 is 0.537 bits per heavy atom. The molecule has 0 atom stereocenters. The van der Waals surface area contributed by atoms with Gasteiger partial charge in [0.05, 0.1) is 14.2 Å². The second-order valence-corrected chi connectivity index (χ2v) is 12.6. The van der Waals surface area contributed by atoms with Crippen molar-refractivity contribution in [2.45, 2.75) is 0 Å². The smallest absolute Gasteiger partial charge is 0.488 e. The Balaban J connectivity index is 0.000000153. The maximum atomic E-state index is 8.58. The normalized spacial score (nSPS) is 10.3. The molecule has 2 aromatic heterocycles. The summed E-state index contributed by atoms with van der Waals surface area (Å²) < 4.78 is 11.9. The van der Waals surface area contributed by atoms with E-state index in [0.717, 1.165) is 54.5 Å². The van der Waals surface area contributed by atoms with E-state index in [1.54, 1.807) is 44.7 Å². The molecule has 8 aromatic rings. The van der Waals surface area contributed by atoms with Crippen molar-refractivity contribution >= 4 is 73.6 Å². The molecule has 0 saturated carbocycles. The number of anilines is 4. The number of hydrogen-bond donors (Lipinski definition) is 4. The van der Waals surface area contributed by atoms with Crippen molar-refractivity contribution < 1.29 is 19.5 Å². The Morgan fingerprint density at radius 2 is 0.981 bits per heavy atom. The molecule has 0 radical (unpaired) electrons. The van der Waals surface area contributed by atoms with Crippen LogP contribution in [0.15, 0.2) is 162 Å². The number of aromatic nitrogens is 4. The average Bonchev–Trinajstić information content (AvgIpc) is 3.22. The predicted molar refractivity (Wildman–Crippen MR) is 221 cm³/mol. The number of rotatable bonds is 8. The Kier molecular flexibility index (Phi) is 12.8. The summed E-state index contributed by atoms with van der Waals surface area (Å²) in [6, 6.07) is 46.5. The molecule has 8 rings (SSSR count). The molecule has 0 aliphatic rings. The van der Waals surface area contributed by atoms with Crippen molar-refractivity contribution in [1.82, 2.24) is 19.9 Å². The van der Waals surface area contributed by atoms with E-state index in [0.29, 0.717) is 23.1 Å². The highest BCUT2D eigenvalue weighted by molar-refractivity contribution is 9.10. The molecule has 6 aromatic carbocycles. The SMILES string of the molecule is COc1cc(-c2ccccc2)cc2cnc(Nc3ccccc3)nc12.COc1cc(Br)cc2cnc(Nc3ccccc3)nc12.OB(O)c1ccccc1. The maximum Gasteiger partial charge on any atom is 0.488 e. The highest BCUT2D eigenvalue weighted by atomic mass is 79.9. The van der Waals surface area contributed by atoms with Gasteiger partial charge in [0.15, 0.2) is 0 Å². The van der Waals surface area contributed by atoms with Crippen LogP contribution in [0.3, 0.4) is 0 Å². The zero-order chi connectivity index (χ0) is 37.7. The lowest BCUT2D eigenvalue weighted by Gasteiger charge is -2.11. The molecule has 10 nitrogen and oxygen atoms in total. The first-order valence-corrected chi connectivity index (χ1v) is 17.6. The van der Waals surface area contributed by atoms with E-state index in [2.05, 4.69) is 64.7 Å². The number of fused-ring (bicyclic) bond motifs is 2. The van der Waals surface area contributed by atoms with Crippen LogP contribution in [0.4, 0.5) is 23.3 Å². The van der Waals surface area contributed by atoms with Gasteiger partial charge in [-0.3, -0.25) is 0 Å². The monoisotopic (exact) mass is 778 g/mol. The molecular weight excluding hydrogens is 743 g/mol. The van der Waals surface area contributed by atoms with Gasteiger partial charge in [0.1, 0.15) is 22.5 Å². The minimum absolute atomic E-state index is 0.525. The van der Waals surface area contributed by atoms with E-state index in [-0.39, 0.29) is 0 Å². The minimum atomic E-state index is -1.34. The summed E-state index contributed by atoms with van der Waals surface area (Å²) in [6.45, 7) is 0. The van der Waals surface area contributed by atoms with Gasteiger partial charge in [0, 0.05) is 39.0 Å². The van der Waals surface area contributed by atoms with Gasteiger partial charge in [-0.15, -0.1) is 0 Å². The number of benzene rings is 6. The Labute approximate surface area is 321 Å². The van der Waals surface area contributed by atoms with Gasteiger partial charge in [-0.05, 0) is 65.1 Å². The number of nitrogens with one attached hydrogen (secondary N) is 2. The summed E-state index contributed by atoms with van der Waals surface area (Å²) in [4.78, 5) is 17.9. The second-order valence-electron chi connectivity index (χ2n) is 11.7. The zero-order valence-corrected chi connectivity index (χ0v) is 31.1. The number of nitrogens with zero attached hydrogens (tertiary/aromatic N) is 4. The van der Waals surface area contributed by atoms with Gasteiger partial charge in [-0.1, -0.05) is 113 Å². The van der Waals surface area contributed by atoms with Crippen LogP contribution >= 0.6 is 15.9 Å². The highest BCUT2D eigenvalue weighted by Crippen LogP contribution is 2.32. The molecule has 0 saturated heterocycles. The van der Waals surface area contributed by atoms with E-state index in [1.165, 1.54) is 0 Å². The van der Waals surface area contributed by atoms with Crippen LogP contribution in [0.5, 0.6) is 11.5 Å². The van der Waals surface area contributed by atoms with Gasteiger partial charge in [0.2, 0.25) is 11.9 Å². The quantitative estimate of drug-likeness (QED) is 0.111. The summed E-state index contributed by atoms with van der Waals surface area (Å²) in [5, 5.41) is 25.4. The number of methoxy groups -OCH3 is 2. The molecule has 54 heavy (non-hydrogen) atoms. The van der Waals surface area contributed by atoms with Crippen molar-refractivity contribution in [2.24, 2.45) is 0 Å². The van der Waals surface area contributed by atoms with Crippen LogP contribution in [-0.2, 0) is 0 Å². The first-order valence-electron chi connectivity index (χ1n) is 16.9. The molecule has 268 valence electrons. The topological polar surface area (TPSA) is 135 Å². The second kappa shape index (κ2) is 18.4. The summed E-state index contributed by atoms with van der Waals surface area (Å²) in [7, 11) is 1.95. The third kappa shape index (κ3) is 9.95. The van der Waals surface area contributed by atoms with Crippen molar-refractivity contribution in [1.29, 1.82) is 0 Å². The van der Waals surface area contributed by atoms with Gasteiger partial charge >= 0.3 is 7.12 Å². The molecule has 0 bridgehead atoms. The standard InChI is InChI=1S/C21H17N3O.C15H12BrN3O.C6H7BO2/c1-25-19-13-16(15-8-4-2-5-9-15)12-17-14-22-21(24-20(17)19)23-18-10-6-3-7-11-18;1-20-13-8-11(16)7-10-9-17-15(19-14(10)13)18-12-5-3-2-4-6-12;8-7(9)6-4-2-1-3-5-6/h2-14H,1H3,(H,22,23,24);2-9H,1H3,(H,17,18,19);1-5,8-9H. The number of ether oxygens (including phenoxy) is 2. The summed E-state index contributed by atoms with van der Waals surface area (Å²) >= 11 is 3.45. The van der Waals surface area contributed by atoms with Crippen LogP contribution in [0.2, 0.25) is 0 Å². The fraction of sp³-hybridized carbons (Fsp3) is 0.0476. The van der Waals surface area contributed by atoms with Crippen LogP contribution in [0.25, 0.3) is 32.9 Å². The minimum Gasteiger partial charge on any atom is -0.494 e. The fourth-order valence-corrected chi connectivity index (χ4v) is 5.80. The highest BCUT2D eigenvalue weighted by Gasteiger charge is 2.11. The molecule has 0 spiro atoms. The zero-order valence-electron chi connectivity index (χ0n) is 29.5. The number of halogens is 1. The van der Waals surface area contributed by atoms with Crippen LogP contribution < -0.4 is 25.6 Å². The fourth-order valence-electron chi connectivity index (χ4n) is 5.35. The molecule has 4 N–H and O–H groups in total. The largest absolute Gasteiger partial charge is 0.494 e. The van der Waals surface area contributed by atoms with Crippen LogP contribution in [-0.4, -0.2) is 51.3 Å². The summed E-state index contributed by atoms with van der Waals surface area (Å²) in [5.41, 5.74) is 6.20. The summed E-state index contributed by atoms with van der Waals surface area (Å²) in [5.74, 6) is 2.54. The molecule has 2 heterocycles. The average molecular weight is 780 g/mol. The van der Waals surface area contributed by atoms with Crippen molar-refractivity contribution in [2.75, 3.05) is 24.9 Å². The Morgan fingerprint density at radius 3 is 1.44 bits per heavy atom. The molecule has 0 aliphatic heterocycles. The molecule has 0 unspecified atom stereocenters. The third-order valence-corrected chi connectivity index (χ3v) is 8.42. The van der Waals surface area contributed by atoms with E-state index < -0.39 is 7.12 Å². The third-order valence-electron chi connectivity index (χ3n) is 7.97. The first-order chi connectivity index (χ1) is 26.4. The number of para-hydroxylation sites is 2. The lowest BCUT2D eigenvalue weighted by Crippen LogP contribution is -2.29. The van der Waals surface area contributed by atoms with E-state index in [1.807, 2.05) is 109 Å². The van der Waals surface area contributed by atoms with E-state index >= 15 is 0 Å². The first kappa shape index (κ1) is 37.4. The maximum absolute atomic E-state index is 8.58. The molecule has 0 amide bonds. The lowest BCUT2D eigenvalue weighted by molar-refractivity contribution is 0.418. The Hall–Kier alpha value is -6.34. The van der Waals surface area contributed by atoms with E-state index in [4.69, 9.17) is 19.5 Å².